The van der Waals surface area contributed by atoms with E-state index in [0.717, 1.165) is 17.3 Å². The summed E-state index contributed by atoms with van der Waals surface area (Å²) in [4.78, 5) is 24.0. The van der Waals surface area contributed by atoms with E-state index in [1.807, 2.05) is 30.3 Å². The molecule has 0 bridgehead atoms. The highest BCUT2D eigenvalue weighted by atomic mass is 32.2. The molecule has 0 saturated heterocycles. The van der Waals surface area contributed by atoms with E-state index in [-0.39, 0.29) is 11.0 Å². The Balaban J connectivity index is 1.26. The van der Waals surface area contributed by atoms with Gasteiger partial charge in [0.25, 0.3) is 5.22 Å². The zero-order chi connectivity index (χ0) is 20.1. The standard InChI is InChI=1S/C19H16N4O5S/c24-16(11-29-19-23-22-17(28-19)12-4-2-1-3-5-12)21-18(25)20-13-6-7-14-15(10-13)27-9-8-26-14/h1-7,10H,8-9,11H2,(H2,20,21,24,25). The number of nitrogens with zero attached hydrogens (tertiary/aromatic N) is 2. The summed E-state index contributed by atoms with van der Waals surface area (Å²) in [7, 11) is 0. The van der Waals surface area contributed by atoms with Crippen LogP contribution in [0.5, 0.6) is 11.5 Å². The van der Waals surface area contributed by atoms with Crippen molar-refractivity contribution in [1.82, 2.24) is 15.5 Å². The number of amides is 3. The number of hydrogen-bond acceptors (Lipinski definition) is 8. The Morgan fingerprint density at radius 3 is 2.62 bits per heavy atom. The monoisotopic (exact) mass is 412 g/mol. The van der Waals surface area contributed by atoms with E-state index in [4.69, 9.17) is 13.9 Å². The number of nitrogens with one attached hydrogen (secondary N) is 2. The zero-order valence-electron chi connectivity index (χ0n) is 15.1. The van der Waals surface area contributed by atoms with Gasteiger partial charge in [-0.25, -0.2) is 4.79 Å². The van der Waals surface area contributed by atoms with E-state index in [9.17, 15) is 9.59 Å². The maximum Gasteiger partial charge on any atom is 0.325 e. The van der Waals surface area contributed by atoms with Gasteiger partial charge in [-0.15, -0.1) is 10.2 Å². The van der Waals surface area contributed by atoms with Gasteiger partial charge in [0.1, 0.15) is 13.2 Å². The molecule has 29 heavy (non-hydrogen) atoms. The first-order valence-electron chi connectivity index (χ1n) is 8.69. The molecule has 0 unspecified atom stereocenters. The number of ether oxygens (including phenoxy) is 2. The van der Waals surface area contributed by atoms with Crippen LogP contribution in [-0.2, 0) is 4.79 Å². The Labute approximate surface area is 169 Å². The molecule has 2 N–H and O–H groups in total. The molecule has 3 amide bonds. The molecule has 0 atom stereocenters. The first kappa shape index (κ1) is 18.8. The maximum absolute atomic E-state index is 12.0. The number of urea groups is 1. The summed E-state index contributed by atoms with van der Waals surface area (Å²) in [5.41, 5.74) is 1.27. The Bertz CT molecular complexity index is 1020. The minimum absolute atomic E-state index is 0.0506. The molecule has 148 valence electrons. The second kappa shape index (κ2) is 8.65. The van der Waals surface area contributed by atoms with Crippen molar-refractivity contribution in [2.75, 3.05) is 24.3 Å². The van der Waals surface area contributed by atoms with Gasteiger partial charge in [0.05, 0.1) is 5.75 Å². The third kappa shape index (κ3) is 4.85. The third-order valence-corrected chi connectivity index (χ3v) is 4.63. The molecule has 2 aromatic carbocycles. The van der Waals surface area contributed by atoms with Crippen LogP contribution in [0.4, 0.5) is 10.5 Å². The predicted octanol–water partition coefficient (Wildman–Crippen LogP) is 2.95. The lowest BCUT2D eigenvalue weighted by Crippen LogP contribution is -2.35. The van der Waals surface area contributed by atoms with Crippen LogP contribution in [0.3, 0.4) is 0 Å². The van der Waals surface area contributed by atoms with Crippen molar-refractivity contribution >= 4 is 29.4 Å². The highest BCUT2D eigenvalue weighted by Gasteiger charge is 2.15. The fourth-order valence-corrected chi connectivity index (χ4v) is 3.10. The smallest absolute Gasteiger partial charge is 0.325 e. The lowest BCUT2D eigenvalue weighted by Gasteiger charge is -2.19. The SMILES string of the molecule is O=C(CSc1nnc(-c2ccccc2)o1)NC(=O)Nc1ccc2c(c1)OCCO2. The summed E-state index contributed by atoms with van der Waals surface area (Å²) in [6, 6.07) is 13.6. The fraction of sp³-hybridized carbons (Fsp3) is 0.158. The molecule has 4 rings (SSSR count). The van der Waals surface area contributed by atoms with Crippen molar-refractivity contribution in [1.29, 1.82) is 0 Å². The topological polar surface area (TPSA) is 116 Å². The van der Waals surface area contributed by atoms with Crippen molar-refractivity contribution in [2.45, 2.75) is 5.22 Å². The molecule has 0 saturated carbocycles. The van der Waals surface area contributed by atoms with Gasteiger partial charge in [-0.1, -0.05) is 30.0 Å². The summed E-state index contributed by atoms with van der Waals surface area (Å²) < 4.78 is 16.4. The molecule has 1 aromatic heterocycles. The van der Waals surface area contributed by atoms with Crippen LogP contribution in [-0.4, -0.2) is 41.1 Å². The predicted molar refractivity (Wildman–Crippen MR) is 105 cm³/mol. The van der Waals surface area contributed by atoms with Gasteiger partial charge in [0.15, 0.2) is 11.5 Å². The van der Waals surface area contributed by atoms with Gasteiger partial charge >= 0.3 is 6.03 Å². The van der Waals surface area contributed by atoms with Gasteiger partial charge < -0.3 is 19.2 Å². The second-order valence-electron chi connectivity index (χ2n) is 5.89. The summed E-state index contributed by atoms with van der Waals surface area (Å²) in [5, 5.41) is 12.9. The number of rotatable bonds is 5. The Kier molecular flexibility index (Phi) is 5.61. The van der Waals surface area contributed by atoms with Crippen LogP contribution < -0.4 is 20.1 Å². The number of thioether (sulfide) groups is 1. The van der Waals surface area contributed by atoms with Crippen LogP contribution in [0.2, 0.25) is 0 Å². The van der Waals surface area contributed by atoms with E-state index in [1.54, 1.807) is 18.2 Å². The first-order valence-corrected chi connectivity index (χ1v) is 9.68. The second-order valence-corrected chi connectivity index (χ2v) is 6.82. The number of carbonyl (C=O) groups is 2. The Morgan fingerprint density at radius 2 is 1.79 bits per heavy atom. The number of aromatic nitrogens is 2. The van der Waals surface area contributed by atoms with Crippen molar-refractivity contribution in [3.8, 4) is 23.0 Å². The van der Waals surface area contributed by atoms with E-state index in [0.29, 0.717) is 36.3 Å². The highest BCUT2D eigenvalue weighted by Crippen LogP contribution is 2.32. The zero-order valence-corrected chi connectivity index (χ0v) is 15.9. The van der Waals surface area contributed by atoms with Crippen molar-refractivity contribution < 1.29 is 23.5 Å². The number of benzene rings is 2. The van der Waals surface area contributed by atoms with Crippen molar-refractivity contribution in [2.24, 2.45) is 0 Å². The minimum atomic E-state index is -0.650. The molecule has 3 aromatic rings. The molecule has 2 heterocycles. The van der Waals surface area contributed by atoms with Gasteiger partial charge in [0, 0.05) is 17.3 Å². The molecule has 9 nitrogen and oxygen atoms in total. The lowest BCUT2D eigenvalue weighted by atomic mass is 10.2. The third-order valence-electron chi connectivity index (χ3n) is 3.81. The summed E-state index contributed by atoms with van der Waals surface area (Å²) in [5.74, 6) is 0.977. The molecule has 0 fully saturated rings. The van der Waals surface area contributed by atoms with Gasteiger partial charge in [-0.3, -0.25) is 10.1 Å². The minimum Gasteiger partial charge on any atom is -0.486 e. The van der Waals surface area contributed by atoms with E-state index in [2.05, 4.69) is 20.8 Å². The number of carbonyl (C=O) groups excluding carboxylic acids is 2. The number of imide groups is 1. The van der Waals surface area contributed by atoms with Crippen LogP contribution >= 0.6 is 11.8 Å². The molecule has 1 aliphatic rings. The summed E-state index contributed by atoms with van der Waals surface area (Å²) >= 11 is 1.04. The van der Waals surface area contributed by atoms with Gasteiger partial charge in [-0.2, -0.15) is 0 Å². The number of hydrogen-bond donors (Lipinski definition) is 2. The van der Waals surface area contributed by atoms with Crippen LogP contribution in [0, 0.1) is 0 Å². The van der Waals surface area contributed by atoms with Gasteiger partial charge in [-0.05, 0) is 24.3 Å². The average Bonchev–Trinajstić information content (AvgIpc) is 3.22. The Hall–Kier alpha value is -3.53. The Morgan fingerprint density at radius 1 is 1.00 bits per heavy atom. The number of anilines is 1. The molecule has 0 spiro atoms. The fourth-order valence-electron chi connectivity index (χ4n) is 2.54. The average molecular weight is 412 g/mol. The van der Waals surface area contributed by atoms with Crippen LogP contribution in [0.1, 0.15) is 0 Å². The van der Waals surface area contributed by atoms with Crippen LogP contribution in [0.15, 0.2) is 58.2 Å². The van der Waals surface area contributed by atoms with Crippen molar-refractivity contribution in [3.05, 3.63) is 48.5 Å². The van der Waals surface area contributed by atoms with Crippen molar-refractivity contribution in [3.63, 3.8) is 0 Å². The molecule has 0 radical (unpaired) electrons. The first-order chi connectivity index (χ1) is 14.2. The summed E-state index contributed by atoms with van der Waals surface area (Å²) in [6.07, 6.45) is 0. The van der Waals surface area contributed by atoms with E-state index >= 15 is 0 Å². The number of fused-ring (bicyclic) bond motifs is 1. The van der Waals surface area contributed by atoms with E-state index < -0.39 is 11.9 Å². The summed E-state index contributed by atoms with van der Waals surface area (Å²) in [6.45, 7) is 0.930. The maximum atomic E-state index is 12.0. The van der Waals surface area contributed by atoms with Gasteiger partial charge in [0.2, 0.25) is 11.8 Å². The highest BCUT2D eigenvalue weighted by molar-refractivity contribution is 7.99. The quantitative estimate of drug-likeness (QED) is 0.615. The largest absolute Gasteiger partial charge is 0.486 e. The normalized spacial score (nSPS) is 12.3. The molecular weight excluding hydrogens is 396 g/mol. The van der Waals surface area contributed by atoms with Crippen LogP contribution in [0.25, 0.3) is 11.5 Å². The molecule has 0 aliphatic carbocycles. The molecular formula is C19H16N4O5S. The lowest BCUT2D eigenvalue weighted by molar-refractivity contribution is -0.117. The molecule has 10 heteroatoms. The molecule has 1 aliphatic heterocycles. The van der Waals surface area contributed by atoms with E-state index in [1.165, 1.54) is 0 Å².